The Morgan fingerprint density at radius 3 is 1.08 bits per heavy atom. The van der Waals surface area contributed by atoms with Gasteiger partial charge in [0.05, 0.1) is 18.8 Å². The number of carbonyl (C=O) groups is 1. The van der Waals surface area contributed by atoms with Crippen LogP contribution in [0.15, 0.2) is 97.2 Å². The summed E-state index contributed by atoms with van der Waals surface area (Å²) in [5.41, 5.74) is 0. The molecule has 1 amide bonds. The Kier molecular flexibility index (Phi) is 49.4. The molecule has 0 aromatic rings. The first-order valence-corrected chi connectivity index (χ1v) is 25.9. The van der Waals surface area contributed by atoms with E-state index < -0.39 is 12.1 Å². The van der Waals surface area contributed by atoms with E-state index in [-0.39, 0.29) is 12.5 Å². The Labute approximate surface area is 379 Å². The Morgan fingerprint density at radius 2 is 0.721 bits per heavy atom. The van der Waals surface area contributed by atoms with E-state index in [1.165, 1.54) is 116 Å². The number of allylic oxidation sites excluding steroid dienone is 16. The zero-order valence-corrected chi connectivity index (χ0v) is 40.2. The molecule has 0 saturated carbocycles. The van der Waals surface area contributed by atoms with Gasteiger partial charge in [-0.05, 0) is 77.0 Å². The molecule has 0 spiro atoms. The van der Waals surface area contributed by atoms with Crippen LogP contribution in [0.4, 0.5) is 0 Å². The zero-order valence-electron chi connectivity index (χ0n) is 40.2. The van der Waals surface area contributed by atoms with Gasteiger partial charge in [-0.1, -0.05) is 252 Å². The summed E-state index contributed by atoms with van der Waals surface area (Å²) in [5.74, 6) is -0.0581. The molecule has 350 valence electrons. The van der Waals surface area contributed by atoms with E-state index in [9.17, 15) is 15.0 Å². The second kappa shape index (κ2) is 51.7. The third-order valence-corrected chi connectivity index (χ3v) is 11.4. The summed E-state index contributed by atoms with van der Waals surface area (Å²) in [6.07, 6.45) is 76.5. The summed E-state index contributed by atoms with van der Waals surface area (Å²) in [5, 5.41) is 23.3. The molecule has 0 aliphatic rings. The van der Waals surface area contributed by atoms with Crippen molar-refractivity contribution in [1.29, 1.82) is 0 Å². The maximum Gasteiger partial charge on any atom is 0.220 e. The van der Waals surface area contributed by atoms with E-state index in [1.54, 1.807) is 0 Å². The van der Waals surface area contributed by atoms with Crippen LogP contribution in [0.3, 0.4) is 0 Å². The summed E-state index contributed by atoms with van der Waals surface area (Å²) in [6.45, 7) is 4.24. The van der Waals surface area contributed by atoms with Gasteiger partial charge in [0.2, 0.25) is 5.91 Å². The van der Waals surface area contributed by atoms with Crippen molar-refractivity contribution in [3.8, 4) is 0 Å². The molecule has 0 fully saturated rings. The molecule has 0 aliphatic heterocycles. The van der Waals surface area contributed by atoms with Crippen LogP contribution in [-0.4, -0.2) is 34.9 Å². The lowest BCUT2D eigenvalue weighted by atomic mass is 10.0. The zero-order chi connectivity index (χ0) is 44.2. The standard InChI is InChI=1S/C57H99NO3/c1-3-5-7-9-11-13-15-17-19-21-23-25-26-27-28-29-30-31-32-33-35-37-39-41-43-45-47-49-51-53-57(61)58-55(54-59)56(60)52-50-48-46-44-42-40-38-36-34-24-22-20-18-16-14-12-10-8-6-4-2/h5,7,11,13,17,19,23,25,27-28,30-31,33,35,39,41,55-56,59-60H,3-4,6,8-10,12,14-16,18,20-22,24,26,29,32,34,36-38,40,42-54H2,1-2H3,(H,58,61)/b7-5-,13-11-,19-17-,25-23-,28-27-,31-30-,35-33-,41-39-. The van der Waals surface area contributed by atoms with Crippen LogP contribution in [0, 0.1) is 0 Å². The molecule has 61 heavy (non-hydrogen) atoms. The number of aliphatic hydroxyl groups is 2. The van der Waals surface area contributed by atoms with Crippen LogP contribution in [-0.2, 0) is 4.79 Å². The second-order valence-corrected chi connectivity index (χ2v) is 17.2. The van der Waals surface area contributed by atoms with Crippen LogP contribution in [0.1, 0.15) is 239 Å². The number of hydrogen-bond donors (Lipinski definition) is 3. The van der Waals surface area contributed by atoms with Crippen molar-refractivity contribution in [3.05, 3.63) is 97.2 Å². The first kappa shape index (κ1) is 58.3. The lowest BCUT2D eigenvalue weighted by molar-refractivity contribution is -0.123. The summed E-state index contributed by atoms with van der Waals surface area (Å²) in [4.78, 5) is 12.5. The van der Waals surface area contributed by atoms with Gasteiger partial charge in [0, 0.05) is 6.42 Å². The quantitative estimate of drug-likeness (QED) is 0.0422. The van der Waals surface area contributed by atoms with E-state index in [2.05, 4.69) is 116 Å². The molecule has 0 heterocycles. The van der Waals surface area contributed by atoms with Crippen molar-refractivity contribution >= 4 is 5.91 Å². The molecule has 0 saturated heterocycles. The molecule has 3 N–H and O–H groups in total. The largest absolute Gasteiger partial charge is 0.394 e. The molecule has 0 aromatic heterocycles. The molecule has 2 atom stereocenters. The summed E-state index contributed by atoms with van der Waals surface area (Å²) < 4.78 is 0. The first-order valence-electron chi connectivity index (χ1n) is 25.9. The van der Waals surface area contributed by atoms with Crippen molar-refractivity contribution in [3.63, 3.8) is 0 Å². The Morgan fingerprint density at radius 1 is 0.410 bits per heavy atom. The van der Waals surface area contributed by atoms with Gasteiger partial charge in [0.15, 0.2) is 0 Å². The fourth-order valence-electron chi connectivity index (χ4n) is 7.44. The van der Waals surface area contributed by atoms with Crippen molar-refractivity contribution in [2.24, 2.45) is 0 Å². The van der Waals surface area contributed by atoms with Crippen molar-refractivity contribution in [1.82, 2.24) is 5.32 Å². The minimum atomic E-state index is -0.678. The summed E-state index contributed by atoms with van der Waals surface area (Å²) in [7, 11) is 0. The number of hydrogen-bond acceptors (Lipinski definition) is 3. The average Bonchev–Trinajstić information content (AvgIpc) is 3.26. The van der Waals surface area contributed by atoms with Crippen LogP contribution >= 0.6 is 0 Å². The van der Waals surface area contributed by atoms with Crippen molar-refractivity contribution in [2.75, 3.05) is 6.61 Å². The molecule has 2 unspecified atom stereocenters. The Hall–Kier alpha value is -2.69. The van der Waals surface area contributed by atoms with E-state index in [4.69, 9.17) is 0 Å². The van der Waals surface area contributed by atoms with Gasteiger partial charge in [0.1, 0.15) is 0 Å². The highest BCUT2D eigenvalue weighted by Crippen LogP contribution is 2.16. The fraction of sp³-hybridized carbons (Fsp3) is 0.702. The van der Waals surface area contributed by atoms with E-state index in [0.29, 0.717) is 12.8 Å². The van der Waals surface area contributed by atoms with E-state index in [1.807, 2.05) is 0 Å². The number of carbonyl (C=O) groups excluding carboxylic acids is 1. The molecule has 0 aliphatic carbocycles. The normalized spacial score (nSPS) is 13.7. The van der Waals surface area contributed by atoms with Crippen LogP contribution in [0.5, 0.6) is 0 Å². The third kappa shape index (κ3) is 48.2. The molecule has 0 radical (unpaired) electrons. The minimum Gasteiger partial charge on any atom is -0.394 e. The smallest absolute Gasteiger partial charge is 0.220 e. The Bertz CT molecular complexity index is 1140. The number of rotatable bonds is 46. The minimum absolute atomic E-state index is 0.0581. The fourth-order valence-corrected chi connectivity index (χ4v) is 7.44. The number of amides is 1. The first-order chi connectivity index (χ1) is 30.2. The second-order valence-electron chi connectivity index (χ2n) is 17.2. The molecular formula is C57H99NO3. The maximum atomic E-state index is 12.5. The predicted molar refractivity (Wildman–Crippen MR) is 271 cm³/mol. The SMILES string of the molecule is CC/C=C\C/C=C\C/C=C\C/C=C\C/C=C\C/C=C\C/C=C\C/C=C\CCCCCCC(=O)NC(CO)C(O)CCCCCCCCCCCCCCCCCCCCCC. The van der Waals surface area contributed by atoms with Crippen molar-refractivity contribution < 1.29 is 15.0 Å². The molecular weight excluding hydrogens is 747 g/mol. The lowest BCUT2D eigenvalue weighted by Gasteiger charge is -2.22. The molecule has 0 rings (SSSR count). The van der Waals surface area contributed by atoms with Gasteiger partial charge in [0.25, 0.3) is 0 Å². The predicted octanol–water partition coefficient (Wildman–Crippen LogP) is 17.0. The molecule has 0 aromatic carbocycles. The number of nitrogens with one attached hydrogen (secondary N) is 1. The summed E-state index contributed by atoms with van der Waals surface area (Å²) in [6, 6.07) is -0.558. The van der Waals surface area contributed by atoms with Gasteiger partial charge >= 0.3 is 0 Å². The van der Waals surface area contributed by atoms with Crippen LogP contribution in [0.25, 0.3) is 0 Å². The Balaban J connectivity index is 3.63. The van der Waals surface area contributed by atoms with Gasteiger partial charge < -0.3 is 15.5 Å². The topological polar surface area (TPSA) is 69.6 Å². The average molecular weight is 846 g/mol. The molecule has 4 nitrogen and oxygen atoms in total. The van der Waals surface area contributed by atoms with Gasteiger partial charge in [-0.3, -0.25) is 4.79 Å². The van der Waals surface area contributed by atoms with Gasteiger partial charge in [-0.25, -0.2) is 0 Å². The van der Waals surface area contributed by atoms with E-state index in [0.717, 1.165) is 96.3 Å². The molecule has 0 bridgehead atoms. The highest BCUT2D eigenvalue weighted by molar-refractivity contribution is 5.76. The van der Waals surface area contributed by atoms with Crippen molar-refractivity contribution in [2.45, 2.75) is 251 Å². The monoisotopic (exact) mass is 846 g/mol. The highest BCUT2D eigenvalue weighted by Gasteiger charge is 2.20. The molecule has 4 heteroatoms. The lowest BCUT2D eigenvalue weighted by Crippen LogP contribution is -2.45. The summed E-state index contributed by atoms with van der Waals surface area (Å²) >= 11 is 0. The van der Waals surface area contributed by atoms with Gasteiger partial charge in [-0.15, -0.1) is 0 Å². The van der Waals surface area contributed by atoms with Crippen LogP contribution in [0.2, 0.25) is 0 Å². The van der Waals surface area contributed by atoms with Crippen LogP contribution < -0.4 is 5.32 Å². The number of aliphatic hydroxyl groups excluding tert-OH is 2. The highest BCUT2D eigenvalue weighted by atomic mass is 16.3. The maximum absolute atomic E-state index is 12.5. The third-order valence-electron chi connectivity index (χ3n) is 11.4. The number of unbranched alkanes of at least 4 members (excludes halogenated alkanes) is 23. The van der Waals surface area contributed by atoms with Gasteiger partial charge in [-0.2, -0.15) is 0 Å². The van der Waals surface area contributed by atoms with E-state index >= 15 is 0 Å².